The van der Waals surface area contributed by atoms with Crippen LogP contribution in [0.5, 0.6) is 0 Å². The van der Waals surface area contributed by atoms with Crippen LogP contribution in [0.2, 0.25) is 0 Å². The first-order valence-electron chi connectivity index (χ1n) is 6.21. The van der Waals surface area contributed by atoms with Gasteiger partial charge in [0.05, 0.1) is 0 Å². The van der Waals surface area contributed by atoms with E-state index in [9.17, 15) is 4.79 Å². The molecule has 0 N–H and O–H groups in total. The van der Waals surface area contributed by atoms with Crippen LogP contribution in [0.25, 0.3) is 0 Å². The summed E-state index contributed by atoms with van der Waals surface area (Å²) in [7, 11) is 0. The molecular weight excluding hydrogens is 281 g/mol. The SMILES string of the molecule is C=CCN(Cc1ccccc1)C(=O)C(Cl)(Cl)C(C)C. The minimum atomic E-state index is -1.40. The standard InChI is InChI=1S/C15H19Cl2NO/c1-4-10-18(11-13-8-6-5-7-9-13)14(19)15(16,17)12(2)3/h4-9,12H,1,10-11H2,2-3H3. The largest absolute Gasteiger partial charge is 0.332 e. The molecule has 1 rings (SSSR count). The second-order valence-electron chi connectivity index (χ2n) is 4.74. The maximum atomic E-state index is 12.4. The summed E-state index contributed by atoms with van der Waals surface area (Å²) in [4.78, 5) is 14.0. The minimum Gasteiger partial charge on any atom is -0.332 e. The molecule has 0 aliphatic carbocycles. The maximum Gasteiger partial charge on any atom is 0.259 e. The Labute approximate surface area is 125 Å². The van der Waals surface area contributed by atoms with E-state index in [1.807, 2.05) is 44.2 Å². The highest BCUT2D eigenvalue weighted by atomic mass is 35.5. The number of halogens is 2. The van der Waals surface area contributed by atoms with Crippen LogP contribution in [-0.2, 0) is 11.3 Å². The normalized spacial score (nSPS) is 11.4. The Kier molecular flexibility index (Phi) is 5.89. The van der Waals surface area contributed by atoms with Crippen molar-refractivity contribution in [3.05, 3.63) is 48.6 Å². The fourth-order valence-electron chi connectivity index (χ4n) is 1.64. The molecule has 0 radical (unpaired) electrons. The quantitative estimate of drug-likeness (QED) is 0.574. The molecule has 0 aliphatic rings. The van der Waals surface area contributed by atoms with Gasteiger partial charge in [-0.05, 0) is 11.5 Å². The minimum absolute atomic E-state index is 0.161. The lowest BCUT2D eigenvalue weighted by Gasteiger charge is -2.30. The first kappa shape index (κ1) is 16.1. The highest BCUT2D eigenvalue weighted by molar-refractivity contribution is 6.58. The molecule has 104 valence electrons. The van der Waals surface area contributed by atoms with Gasteiger partial charge in [0.25, 0.3) is 5.91 Å². The lowest BCUT2D eigenvalue weighted by atomic mass is 10.1. The Morgan fingerprint density at radius 1 is 1.37 bits per heavy atom. The van der Waals surface area contributed by atoms with Gasteiger partial charge in [0.1, 0.15) is 0 Å². The molecule has 0 aromatic heterocycles. The molecule has 0 fully saturated rings. The Morgan fingerprint density at radius 3 is 2.42 bits per heavy atom. The maximum absolute atomic E-state index is 12.4. The average Bonchev–Trinajstić information content (AvgIpc) is 2.38. The number of nitrogens with zero attached hydrogens (tertiary/aromatic N) is 1. The van der Waals surface area contributed by atoms with Crippen molar-refractivity contribution in [3.63, 3.8) is 0 Å². The Morgan fingerprint density at radius 2 is 1.95 bits per heavy atom. The molecule has 1 amide bonds. The zero-order chi connectivity index (χ0) is 14.5. The van der Waals surface area contributed by atoms with Crippen LogP contribution in [0.15, 0.2) is 43.0 Å². The number of hydrogen-bond acceptors (Lipinski definition) is 1. The van der Waals surface area contributed by atoms with E-state index in [2.05, 4.69) is 6.58 Å². The van der Waals surface area contributed by atoms with E-state index in [4.69, 9.17) is 23.2 Å². The van der Waals surface area contributed by atoms with E-state index in [0.29, 0.717) is 13.1 Å². The van der Waals surface area contributed by atoms with Gasteiger partial charge in [-0.2, -0.15) is 0 Å². The molecular formula is C15H19Cl2NO. The van der Waals surface area contributed by atoms with Gasteiger partial charge in [-0.15, -0.1) is 6.58 Å². The van der Waals surface area contributed by atoms with Crippen LogP contribution < -0.4 is 0 Å². The molecule has 2 nitrogen and oxygen atoms in total. The fourth-order valence-corrected chi connectivity index (χ4v) is 1.88. The summed E-state index contributed by atoms with van der Waals surface area (Å²) < 4.78 is -1.40. The van der Waals surface area contributed by atoms with E-state index in [-0.39, 0.29) is 11.8 Å². The van der Waals surface area contributed by atoms with Gasteiger partial charge in [-0.3, -0.25) is 4.79 Å². The van der Waals surface area contributed by atoms with Crippen molar-refractivity contribution in [2.45, 2.75) is 24.7 Å². The molecule has 4 heteroatoms. The number of benzene rings is 1. The summed E-state index contributed by atoms with van der Waals surface area (Å²) >= 11 is 12.3. The number of alkyl halides is 2. The van der Waals surface area contributed by atoms with Crippen LogP contribution in [-0.4, -0.2) is 21.7 Å². The van der Waals surface area contributed by atoms with E-state index >= 15 is 0 Å². The van der Waals surface area contributed by atoms with Crippen LogP contribution in [0.1, 0.15) is 19.4 Å². The molecule has 0 atom stereocenters. The molecule has 0 bridgehead atoms. The molecule has 19 heavy (non-hydrogen) atoms. The molecule has 1 aromatic carbocycles. The molecule has 0 saturated heterocycles. The molecule has 0 unspecified atom stereocenters. The van der Waals surface area contributed by atoms with Crippen molar-refractivity contribution in [1.29, 1.82) is 0 Å². The summed E-state index contributed by atoms with van der Waals surface area (Å²) in [6, 6.07) is 9.72. The zero-order valence-corrected chi connectivity index (χ0v) is 12.8. The summed E-state index contributed by atoms with van der Waals surface area (Å²) in [5, 5.41) is 0. The highest BCUT2D eigenvalue weighted by Gasteiger charge is 2.40. The van der Waals surface area contributed by atoms with Crippen molar-refractivity contribution >= 4 is 29.1 Å². The van der Waals surface area contributed by atoms with Gasteiger partial charge in [-0.25, -0.2) is 0 Å². The number of hydrogen-bond donors (Lipinski definition) is 0. The van der Waals surface area contributed by atoms with Gasteiger partial charge in [-0.1, -0.05) is 73.5 Å². The van der Waals surface area contributed by atoms with Gasteiger partial charge in [0.2, 0.25) is 0 Å². The van der Waals surface area contributed by atoms with Crippen molar-refractivity contribution < 1.29 is 4.79 Å². The first-order valence-corrected chi connectivity index (χ1v) is 6.97. The zero-order valence-electron chi connectivity index (χ0n) is 11.3. The summed E-state index contributed by atoms with van der Waals surface area (Å²) in [5.41, 5.74) is 1.03. The lowest BCUT2D eigenvalue weighted by molar-refractivity contribution is -0.132. The monoisotopic (exact) mass is 299 g/mol. The summed E-state index contributed by atoms with van der Waals surface area (Å²) in [6.07, 6.45) is 1.67. The van der Waals surface area contributed by atoms with Crippen molar-refractivity contribution in [2.75, 3.05) is 6.54 Å². The number of carbonyl (C=O) groups is 1. The molecule has 0 aliphatic heterocycles. The van der Waals surface area contributed by atoms with Crippen molar-refractivity contribution in [1.82, 2.24) is 4.90 Å². The van der Waals surface area contributed by atoms with E-state index < -0.39 is 4.33 Å². The Bertz CT molecular complexity index is 429. The molecule has 0 spiro atoms. The van der Waals surface area contributed by atoms with Gasteiger partial charge in [0.15, 0.2) is 4.33 Å². The van der Waals surface area contributed by atoms with Crippen LogP contribution in [0.4, 0.5) is 0 Å². The van der Waals surface area contributed by atoms with Crippen molar-refractivity contribution in [3.8, 4) is 0 Å². The summed E-state index contributed by atoms with van der Waals surface area (Å²) in [5.74, 6) is -0.444. The fraction of sp³-hybridized carbons (Fsp3) is 0.400. The van der Waals surface area contributed by atoms with Crippen LogP contribution in [0.3, 0.4) is 0 Å². The predicted octanol–water partition coefficient (Wildman–Crippen LogP) is 4.03. The highest BCUT2D eigenvalue weighted by Crippen LogP contribution is 2.32. The van der Waals surface area contributed by atoms with Crippen LogP contribution in [0, 0.1) is 5.92 Å². The second-order valence-corrected chi connectivity index (χ2v) is 6.12. The molecule has 0 saturated carbocycles. The first-order chi connectivity index (χ1) is 8.89. The third-order valence-electron chi connectivity index (χ3n) is 2.86. The topological polar surface area (TPSA) is 20.3 Å². The Hall–Kier alpha value is -0.990. The van der Waals surface area contributed by atoms with Crippen molar-refractivity contribution in [2.24, 2.45) is 5.92 Å². The van der Waals surface area contributed by atoms with Gasteiger partial charge in [0, 0.05) is 13.1 Å². The smallest absolute Gasteiger partial charge is 0.259 e. The predicted molar refractivity (Wildman–Crippen MR) is 81.3 cm³/mol. The summed E-state index contributed by atoms with van der Waals surface area (Å²) in [6.45, 7) is 8.21. The van der Waals surface area contributed by atoms with E-state index in [0.717, 1.165) is 5.56 Å². The number of rotatable bonds is 6. The lowest BCUT2D eigenvalue weighted by Crippen LogP contribution is -2.44. The van der Waals surface area contributed by atoms with Gasteiger partial charge >= 0.3 is 0 Å². The number of carbonyl (C=O) groups excluding carboxylic acids is 1. The second kappa shape index (κ2) is 6.97. The Balaban J connectivity index is 2.89. The third-order valence-corrected chi connectivity index (χ3v) is 4.06. The van der Waals surface area contributed by atoms with Crippen LogP contribution >= 0.6 is 23.2 Å². The average molecular weight is 300 g/mol. The molecule has 0 heterocycles. The third kappa shape index (κ3) is 4.26. The van der Waals surface area contributed by atoms with E-state index in [1.54, 1.807) is 11.0 Å². The van der Waals surface area contributed by atoms with Gasteiger partial charge < -0.3 is 4.90 Å². The van der Waals surface area contributed by atoms with E-state index in [1.165, 1.54) is 0 Å². The number of amides is 1. The molecule has 1 aromatic rings.